The first-order valence-corrected chi connectivity index (χ1v) is 10.9. The van der Waals surface area contributed by atoms with Gasteiger partial charge in [0, 0.05) is 51.8 Å². The van der Waals surface area contributed by atoms with E-state index < -0.39 is 0 Å². The van der Waals surface area contributed by atoms with Crippen LogP contribution in [0.1, 0.15) is 63.8 Å². The number of piperidine rings is 1. The van der Waals surface area contributed by atoms with E-state index >= 15 is 0 Å². The molecule has 1 saturated heterocycles. The number of rotatable bonds is 9. The van der Waals surface area contributed by atoms with E-state index in [0.717, 1.165) is 62.7 Å². The number of halogens is 1. The number of nitrogens with one attached hydrogen (secondary N) is 2. The van der Waals surface area contributed by atoms with Gasteiger partial charge in [-0.3, -0.25) is 9.69 Å². The van der Waals surface area contributed by atoms with Crippen LogP contribution in [-0.2, 0) is 11.3 Å². The summed E-state index contributed by atoms with van der Waals surface area (Å²) in [4.78, 5) is 20.4. The number of carbonyl (C=O) groups excluding carboxylic acids is 1. The Morgan fingerprint density at radius 2 is 1.97 bits per heavy atom. The Morgan fingerprint density at radius 3 is 2.53 bits per heavy atom. The highest BCUT2D eigenvalue weighted by Crippen LogP contribution is 2.22. The van der Waals surface area contributed by atoms with E-state index in [1.807, 2.05) is 6.07 Å². The molecule has 1 aromatic heterocycles. The zero-order chi connectivity index (χ0) is 21.2. The molecule has 0 unspecified atom stereocenters. The lowest BCUT2D eigenvalue weighted by molar-refractivity contribution is -0.130. The molecule has 2 heterocycles. The van der Waals surface area contributed by atoms with Crippen molar-refractivity contribution in [2.24, 2.45) is 4.99 Å². The minimum Gasteiger partial charge on any atom is -0.359 e. The first-order valence-electron chi connectivity index (χ1n) is 10.9. The zero-order valence-electron chi connectivity index (χ0n) is 19.1. The second-order valence-corrected chi connectivity index (χ2v) is 7.91. The Bertz CT molecular complexity index is 652. The second-order valence-electron chi connectivity index (χ2n) is 7.91. The van der Waals surface area contributed by atoms with Crippen molar-refractivity contribution in [2.45, 2.75) is 65.0 Å². The van der Waals surface area contributed by atoms with Crippen molar-refractivity contribution in [2.75, 3.05) is 40.3 Å². The fourth-order valence-corrected chi connectivity index (χ4v) is 3.54. The molecule has 0 aliphatic carbocycles. The van der Waals surface area contributed by atoms with Crippen LogP contribution in [0.25, 0.3) is 0 Å². The van der Waals surface area contributed by atoms with Gasteiger partial charge in [-0.15, -0.1) is 24.0 Å². The Morgan fingerprint density at radius 1 is 1.30 bits per heavy atom. The van der Waals surface area contributed by atoms with Crippen molar-refractivity contribution in [1.82, 2.24) is 25.6 Å². The van der Waals surface area contributed by atoms with Crippen LogP contribution in [0, 0.1) is 0 Å². The van der Waals surface area contributed by atoms with Crippen molar-refractivity contribution < 1.29 is 9.32 Å². The van der Waals surface area contributed by atoms with Gasteiger partial charge < -0.3 is 20.1 Å². The van der Waals surface area contributed by atoms with Gasteiger partial charge in [0.1, 0.15) is 6.54 Å². The molecule has 9 heteroatoms. The van der Waals surface area contributed by atoms with Crippen LogP contribution in [-0.4, -0.2) is 73.1 Å². The second kappa shape index (κ2) is 13.8. The third-order valence-electron chi connectivity index (χ3n) is 5.50. The summed E-state index contributed by atoms with van der Waals surface area (Å²) in [5.41, 5.74) is 1.03. The van der Waals surface area contributed by atoms with Crippen molar-refractivity contribution in [3.63, 3.8) is 0 Å². The molecule has 0 radical (unpaired) electrons. The average molecular weight is 534 g/mol. The smallest absolute Gasteiger partial charge is 0.236 e. The number of likely N-dealkylation sites (tertiary alicyclic amines) is 1. The average Bonchev–Trinajstić information content (AvgIpc) is 3.17. The first-order chi connectivity index (χ1) is 14.0. The summed E-state index contributed by atoms with van der Waals surface area (Å²) >= 11 is 0. The highest BCUT2D eigenvalue weighted by atomic mass is 127. The topological polar surface area (TPSA) is 86.0 Å². The highest BCUT2D eigenvalue weighted by molar-refractivity contribution is 14.0. The maximum atomic E-state index is 11.9. The minimum absolute atomic E-state index is 0. The van der Waals surface area contributed by atoms with Gasteiger partial charge in [0.15, 0.2) is 11.7 Å². The van der Waals surface area contributed by atoms with Crippen molar-refractivity contribution in [1.29, 1.82) is 0 Å². The van der Waals surface area contributed by atoms with Gasteiger partial charge in [0.2, 0.25) is 5.91 Å². The summed E-state index contributed by atoms with van der Waals surface area (Å²) in [7, 11) is 3.61. The predicted octanol–water partition coefficient (Wildman–Crippen LogP) is 2.80. The van der Waals surface area contributed by atoms with E-state index in [-0.39, 0.29) is 29.9 Å². The molecule has 1 fully saturated rings. The molecule has 8 nitrogen and oxygen atoms in total. The van der Waals surface area contributed by atoms with Crippen LogP contribution in [0.3, 0.4) is 0 Å². The Balaban J connectivity index is 0.00000450. The van der Waals surface area contributed by atoms with Gasteiger partial charge in [-0.1, -0.05) is 19.0 Å². The van der Waals surface area contributed by atoms with Gasteiger partial charge >= 0.3 is 0 Å². The van der Waals surface area contributed by atoms with Crippen LogP contribution in [0.2, 0.25) is 0 Å². The number of amides is 1. The molecule has 0 bridgehead atoms. The Kier molecular flexibility index (Phi) is 12.3. The van der Waals surface area contributed by atoms with Crippen LogP contribution in [0.5, 0.6) is 0 Å². The lowest BCUT2D eigenvalue weighted by atomic mass is 9.99. The SMILES string of the molecule is CCNC(=NCc1cc(C(CC)CC)no1)NC1CCN(CC(=O)N(C)C)CC1.I. The highest BCUT2D eigenvalue weighted by Gasteiger charge is 2.22. The molecule has 1 aliphatic heterocycles. The normalized spacial score (nSPS) is 15.7. The van der Waals surface area contributed by atoms with E-state index in [0.29, 0.717) is 25.0 Å². The quantitative estimate of drug-likeness (QED) is 0.288. The fraction of sp³-hybridized carbons (Fsp3) is 0.762. The van der Waals surface area contributed by atoms with Crippen molar-refractivity contribution in [3.8, 4) is 0 Å². The largest absolute Gasteiger partial charge is 0.359 e. The number of likely N-dealkylation sites (N-methyl/N-ethyl adjacent to an activating group) is 1. The minimum atomic E-state index is 0. The standard InChI is InChI=1S/C21H38N6O2.HI/c1-6-16(7-2)19-13-18(29-25-19)14-23-21(22-8-3)24-17-9-11-27(12-10-17)15-20(28)26(4)5;/h13,16-17H,6-12,14-15H2,1-5H3,(H2,22,23,24);1H. The number of aromatic nitrogens is 1. The number of hydrogen-bond donors (Lipinski definition) is 2. The fourth-order valence-electron chi connectivity index (χ4n) is 3.54. The van der Waals surface area contributed by atoms with Crippen molar-refractivity contribution >= 4 is 35.8 Å². The molecule has 2 rings (SSSR count). The number of guanidine groups is 1. The van der Waals surface area contributed by atoms with Gasteiger partial charge in [0.25, 0.3) is 0 Å². The van der Waals surface area contributed by atoms with Crippen LogP contribution < -0.4 is 10.6 Å². The molecule has 2 N–H and O–H groups in total. The van der Waals surface area contributed by atoms with Crippen LogP contribution in [0.4, 0.5) is 0 Å². The van der Waals surface area contributed by atoms with Crippen LogP contribution >= 0.6 is 24.0 Å². The van der Waals surface area contributed by atoms with E-state index in [1.165, 1.54) is 0 Å². The molecular weight excluding hydrogens is 495 g/mol. The van der Waals surface area contributed by atoms with Crippen molar-refractivity contribution in [3.05, 3.63) is 17.5 Å². The Hall–Kier alpha value is -1.36. The third kappa shape index (κ3) is 8.41. The summed E-state index contributed by atoms with van der Waals surface area (Å²) in [5.74, 6) is 2.20. The van der Waals surface area contributed by atoms with E-state index in [4.69, 9.17) is 4.52 Å². The maximum Gasteiger partial charge on any atom is 0.236 e. The molecule has 0 spiro atoms. The number of hydrogen-bond acceptors (Lipinski definition) is 5. The molecule has 1 aliphatic rings. The summed E-state index contributed by atoms with van der Waals surface area (Å²) in [6, 6.07) is 2.39. The monoisotopic (exact) mass is 534 g/mol. The molecule has 1 amide bonds. The van der Waals surface area contributed by atoms with Gasteiger partial charge in [0.05, 0.1) is 12.2 Å². The first kappa shape index (κ1) is 26.7. The zero-order valence-corrected chi connectivity index (χ0v) is 21.4. The van der Waals surface area contributed by atoms with Gasteiger partial charge in [-0.2, -0.15) is 0 Å². The van der Waals surface area contributed by atoms with E-state index in [9.17, 15) is 4.79 Å². The van der Waals surface area contributed by atoms with Gasteiger partial charge in [-0.25, -0.2) is 4.99 Å². The predicted molar refractivity (Wildman–Crippen MR) is 131 cm³/mol. The van der Waals surface area contributed by atoms with E-state index in [2.05, 4.69) is 46.5 Å². The lowest BCUT2D eigenvalue weighted by Gasteiger charge is -2.33. The van der Waals surface area contributed by atoms with Gasteiger partial charge in [-0.05, 0) is 32.6 Å². The number of carbonyl (C=O) groups is 1. The third-order valence-corrected chi connectivity index (χ3v) is 5.50. The summed E-state index contributed by atoms with van der Waals surface area (Å²) < 4.78 is 5.48. The molecule has 0 aromatic carbocycles. The molecular formula is C21H39IN6O2. The molecule has 30 heavy (non-hydrogen) atoms. The summed E-state index contributed by atoms with van der Waals surface area (Å²) in [5, 5.41) is 11.1. The lowest BCUT2D eigenvalue weighted by Crippen LogP contribution is -2.50. The molecule has 172 valence electrons. The molecule has 0 saturated carbocycles. The summed E-state index contributed by atoms with van der Waals surface area (Å²) in [6.45, 7) is 10.0. The Labute approximate surface area is 198 Å². The number of nitrogens with zero attached hydrogens (tertiary/aromatic N) is 4. The van der Waals surface area contributed by atoms with Crippen LogP contribution in [0.15, 0.2) is 15.6 Å². The maximum absolute atomic E-state index is 11.9. The molecule has 0 atom stereocenters. The number of aliphatic imine (C=N–C) groups is 1. The summed E-state index contributed by atoms with van der Waals surface area (Å²) in [6.07, 6.45) is 4.11. The van der Waals surface area contributed by atoms with E-state index in [1.54, 1.807) is 19.0 Å². The molecule has 1 aromatic rings.